The molecule has 0 fully saturated rings. The lowest BCUT2D eigenvalue weighted by molar-refractivity contribution is 0.728. The van der Waals surface area contributed by atoms with Gasteiger partial charge in [-0.25, -0.2) is 0 Å². The van der Waals surface area contributed by atoms with E-state index in [-0.39, 0.29) is 6.04 Å². The lowest BCUT2D eigenvalue weighted by atomic mass is 10.1. The van der Waals surface area contributed by atoms with Crippen molar-refractivity contribution in [2.45, 2.75) is 33.7 Å². The summed E-state index contributed by atoms with van der Waals surface area (Å²) in [5.74, 6) is 0. The fourth-order valence-electron chi connectivity index (χ4n) is 2.42. The van der Waals surface area contributed by atoms with Crippen molar-refractivity contribution >= 4 is 28.3 Å². The molecule has 0 amide bonds. The number of aryl methyl sites for hydroxylation is 3. The number of nitrogens with zero attached hydrogens (tertiary/aromatic N) is 2. The van der Waals surface area contributed by atoms with E-state index < -0.39 is 0 Å². The minimum Gasteiger partial charge on any atom is -0.378 e. The van der Waals surface area contributed by atoms with Gasteiger partial charge in [0.25, 0.3) is 0 Å². The van der Waals surface area contributed by atoms with Crippen LogP contribution in [-0.2, 0) is 7.05 Å². The summed E-state index contributed by atoms with van der Waals surface area (Å²) < 4.78 is 3.23. The molecule has 1 heterocycles. The Balaban J connectivity index is 2.25. The van der Waals surface area contributed by atoms with Gasteiger partial charge in [-0.3, -0.25) is 4.68 Å². The van der Waals surface area contributed by atoms with Crippen molar-refractivity contribution in [2.75, 3.05) is 5.32 Å². The van der Waals surface area contributed by atoms with Crippen molar-refractivity contribution in [1.82, 2.24) is 9.78 Å². The molecular formula is C15H20IN3. The number of halogens is 1. The second-order valence-electron chi connectivity index (χ2n) is 5.04. The van der Waals surface area contributed by atoms with E-state index in [0.29, 0.717) is 0 Å². The first-order valence-electron chi connectivity index (χ1n) is 6.43. The molecule has 1 unspecified atom stereocenters. The molecular weight excluding hydrogens is 349 g/mol. The second-order valence-corrected chi connectivity index (χ2v) is 6.20. The van der Waals surface area contributed by atoms with Crippen LogP contribution in [0.5, 0.6) is 0 Å². The van der Waals surface area contributed by atoms with Crippen LogP contribution in [0.4, 0.5) is 5.69 Å². The molecule has 0 bridgehead atoms. The van der Waals surface area contributed by atoms with E-state index in [9.17, 15) is 0 Å². The fourth-order valence-corrected chi connectivity index (χ4v) is 2.94. The summed E-state index contributed by atoms with van der Waals surface area (Å²) in [5.41, 5.74) is 6.08. The van der Waals surface area contributed by atoms with Crippen molar-refractivity contribution < 1.29 is 0 Å². The average molecular weight is 369 g/mol. The minimum absolute atomic E-state index is 0.257. The second kappa shape index (κ2) is 5.53. The Hall–Kier alpha value is -1.04. The van der Waals surface area contributed by atoms with E-state index >= 15 is 0 Å². The van der Waals surface area contributed by atoms with Gasteiger partial charge in [0.1, 0.15) is 0 Å². The molecule has 19 heavy (non-hydrogen) atoms. The molecule has 0 spiro atoms. The van der Waals surface area contributed by atoms with Crippen LogP contribution in [0.15, 0.2) is 18.2 Å². The van der Waals surface area contributed by atoms with Crippen molar-refractivity contribution in [2.24, 2.45) is 7.05 Å². The van der Waals surface area contributed by atoms with E-state index in [1.807, 2.05) is 11.7 Å². The van der Waals surface area contributed by atoms with Gasteiger partial charge >= 0.3 is 0 Å². The van der Waals surface area contributed by atoms with Gasteiger partial charge in [-0.05, 0) is 68.0 Å². The van der Waals surface area contributed by atoms with Gasteiger partial charge in [-0.2, -0.15) is 5.10 Å². The third-order valence-electron chi connectivity index (χ3n) is 3.55. The van der Waals surface area contributed by atoms with Crippen LogP contribution >= 0.6 is 22.6 Å². The van der Waals surface area contributed by atoms with Crippen molar-refractivity contribution in [3.8, 4) is 0 Å². The lowest BCUT2D eigenvalue weighted by Gasteiger charge is -2.17. The summed E-state index contributed by atoms with van der Waals surface area (Å²) >= 11 is 2.37. The third-order valence-corrected chi connectivity index (χ3v) is 4.72. The predicted octanol–water partition coefficient (Wildman–Crippen LogP) is 4.12. The maximum atomic E-state index is 4.48. The zero-order chi connectivity index (χ0) is 14.2. The number of anilines is 1. The van der Waals surface area contributed by atoms with Gasteiger partial charge in [0.15, 0.2) is 0 Å². The van der Waals surface area contributed by atoms with Crippen LogP contribution in [0.2, 0.25) is 0 Å². The standard InChI is InChI=1S/C15H20IN3/c1-9-6-7-13(8-14(9)16)17-10(2)15-11(3)18-19(5)12(15)4/h6-8,10,17H,1-5H3. The molecule has 4 heteroatoms. The Bertz CT molecular complexity index is 602. The highest BCUT2D eigenvalue weighted by atomic mass is 127. The summed E-state index contributed by atoms with van der Waals surface area (Å²) in [5, 5.41) is 8.04. The van der Waals surface area contributed by atoms with Gasteiger partial charge in [0.05, 0.1) is 11.7 Å². The number of rotatable bonds is 3. The first kappa shape index (κ1) is 14.4. The molecule has 2 aromatic rings. The average Bonchev–Trinajstić information content (AvgIpc) is 2.58. The highest BCUT2D eigenvalue weighted by Crippen LogP contribution is 2.26. The topological polar surface area (TPSA) is 29.9 Å². The first-order valence-corrected chi connectivity index (χ1v) is 7.50. The molecule has 0 radical (unpaired) electrons. The number of hydrogen-bond acceptors (Lipinski definition) is 2. The highest BCUT2D eigenvalue weighted by molar-refractivity contribution is 14.1. The monoisotopic (exact) mass is 369 g/mol. The molecule has 0 aliphatic rings. The molecule has 0 saturated heterocycles. The number of hydrogen-bond donors (Lipinski definition) is 1. The largest absolute Gasteiger partial charge is 0.378 e. The fraction of sp³-hybridized carbons (Fsp3) is 0.400. The predicted molar refractivity (Wildman–Crippen MR) is 88.6 cm³/mol. The van der Waals surface area contributed by atoms with Crippen LogP contribution in [-0.4, -0.2) is 9.78 Å². The molecule has 2 rings (SSSR count). The van der Waals surface area contributed by atoms with Crippen LogP contribution < -0.4 is 5.32 Å². The smallest absolute Gasteiger partial charge is 0.0649 e. The maximum absolute atomic E-state index is 4.48. The van der Waals surface area contributed by atoms with Crippen molar-refractivity contribution in [3.63, 3.8) is 0 Å². The number of nitrogens with one attached hydrogen (secondary N) is 1. The summed E-state index contributed by atoms with van der Waals surface area (Å²) in [6.07, 6.45) is 0. The molecule has 3 nitrogen and oxygen atoms in total. The quantitative estimate of drug-likeness (QED) is 0.825. The summed E-state index contributed by atoms with van der Waals surface area (Å²) in [6, 6.07) is 6.73. The normalized spacial score (nSPS) is 12.5. The summed E-state index contributed by atoms with van der Waals surface area (Å²) in [6.45, 7) is 8.50. The Morgan fingerprint density at radius 1 is 1.26 bits per heavy atom. The molecule has 0 aliphatic carbocycles. The number of benzene rings is 1. The molecule has 0 aliphatic heterocycles. The zero-order valence-corrected chi connectivity index (χ0v) is 14.2. The lowest BCUT2D eigenvalue weighted by Crippen LogP contribution is -2.09. The molecule has 1 atom stereocenters. The molecule has 0 saturated carbocycles. The van der Waals surface area contributed by atoms with E-state index in [1.54, 1.807) is 0 Å². The summed E-state index contributed by atoms with van der Waals surface area (Å²) in [7, 11) is 1.99. The van der Waals surface area contributed by atoms with Gasteiger partial charge in [-0.15, -0.1) is 0 Å². The van der Waals surface area contributed by atoms with Gasteiger partial charge in [0, 0.05) is 27.6 Å². The third kappa shape index (κ3) is 2.94. The Morgan fingerprint density at radius 2 is 1.95 bits per heavy atom. The molecule has 1 aromatic heterocycles. The van der Waals surface area contributed by atoms with E-state index in [1.165, 1.54) is 20.4 Å². The van der Waals surface area contributed by atoms with E-state index in [2.05, 4.69) is 78.9 Å². The minimum atomic E-state index is 0.257. The molecule has 102 valence electrons. The van der Waals surface area contributed by atoms with Crippen molar-refractivity contribution in [3.05, 3.63) is 44.3 Å². The molecule has 1 aromatic carbocycles. The summed E-state index contributed by atoms with van der Waals surface area (Å²) in [4.78, 5) is 0. The Morgan fingerprint density at radius 3 is 2.47 bits per heavy atom. The van der Waals surface area contributed by atoms with Crippen LogP contribution in [0.25, 0.3) is 0 Å². The van der Waals surface area contributed by atoms with Gasteiger partial charge in [-0.1, -0.05) is 6.07 Å². The van der Waals surface area contributed by atoms with E-state index in [0.717, 1.165) is 11.4 Å². The van der Waals surface area contributed by atoms with Crippen LogP contribution in [0, 0.1) is 24.3 Å². The van der Waals surface area contributed by atoms with Crippen LogP contribution in [0.1, 0.15) is 35.5 Å². The highest BCUT2D eigenvalue weighted by Gasteiger charge is 2.16. The van der Waals surface area contributed by atoms with Gasteiger partial charge < -0.3 is 5.32 Å². The SMILES string of the molecule is Cc1ccc(NC(C)c2c(C)nn(C)c2C)cc1I. The Kier molecular flexibility index (Phi) is 4.18. The van der Waals surface area contributed by atoms with E-state index in [4.69, 9.17) is 0 Å². The maximum Gasteiger partial charge on any atom is 0.0649 e. The zero-order valence-electron chi connectivity index (χ0n) is 12.1. The number of aromatic nitrogens is 2. The van der Waals surface area contributed by atoms with Gasteiger partial charge in [0.2, 0.25) is 0 Å². The van der Waals surface area contributed by atoms with Crippen molar-refractivity contribution in [1.29, 1.82) is 0 Å². The first-order chi connectivity index (χ1) is 8.90. The molecule has 1 N–H and O–H groups in total. The van der Waals surface area contributed by atoms with Crippen LogP contribution in [0.3, 0.4) is 0 Å². The Labute approximate surface area is 128 Å².